The number of sulfonamides is 1. The largest absolute Gasteiger partial charge is 0.339 e. The molecule has 0 aliphatic carbocycles. The van der Waals surface area contributed by atoms with Crippen LogP contribution in [0.3, 0.4) is 0 Å². The van der Waals surface area contributed by atoms with Crippen LogP contribution >= 0.6 is 0 Å². The van der Waals surface area contributed by atoms with Crippen molar-refractivity contribution >= 4 is 10.0 Å². The van der Waals surface area contributed by atoms with E-state index in [1.165, 1.54) is 12.5 Å². The van der Waals surface area contributed by atoms with Crippen LogP contribution in [0.15, 0.2) is 23.7 Å². The fourth-order valence-electron chi connectivity index (χ4n) is 2.97. The Hall–Kier alpha value is -1.84. The van der Waals surface area contributed by atoms with Crippen molar-refractivity contribution in [1.82, 2.24) is 29.1 Å². The zero-order chi connectivity index (χ0) is 17.3. The van der Waals surface area contributed by atoms with Gasteiger partial charge in [0, 0.05) is 31.5 Å². The highest BCUT2D eigenvalue weighted by Gasteiger charge is 2.27. The zero-order valence-electron chi connectivity index (χ0n) is 14.1. The third-order valence-electron chi connectivity index (χ3n) is 4.26. The Bertz CT molecular complexity index is 832. The maximum Gasteiger partial charge on any atom is 0.259 e. The topological polar surface area (TPSA) is 93.0 Å². The first kappa shape index (κ1) is 17.0. The lowest BCUT2D eigenvalue weighted by Gasteiger charge is -2.21. The third-order valence-corrected chi connectivity index (χ3v) is 5.55. The molecular formula is C15H22N6O2S. The summed E-state index contributed by atoms with van der Waals surface area (Å²) in [5, 5.41) is 0.0116. The first-order chi connectivity index (χ1) is 11.4. The molecule has 9 heteroatoms. The molecule has 0 unspecified atom stereocenters. The van der Waals surface area contributed by atoms with Crippen LogP contribution in [0.5, 0.6) is 0 Å². The van der Waals surface area contributed by atoms with Gasteiger partial charge >= 0.3 is 0 Å². The van der Waals surface area contributed by atoms with Crippen LogP contribution in [0, 0.1) is 6.92 Å². The Morgan fingerprint density at radius 2 is 2.12 bits per heavy atom. The fraction of sp³-hybridized carbons (Fsp3) is 0.533. The quantitative estimate of drug-likeness (QED) is 0.856. The molecular weight excluding hydrogens is 328 g/mol. The smallest absolute Gasteiger partial charge is 0.259 e. The van der Waals surface area contributed by atoms with Crippen molar-refractivity contribution in [2.75, 3.05) is 13.6 Å². The summed E-state index contributed by atoms with van der Waals surface area (Å²) in [6, 6.07) is 0.209. The highest BCUT2D eigenvalue weighted by atomic mass is 32.2. The Balaban J connectivity index is 1.83. The number of hydrogen-bond donors (Lipinski definition) is 1. The van der Waals surface area contributed by atoms with Gasteiger partial charge in [0.1, 0.15) is 5.82 Å². The zero-order valence-corrected chi connectivity index (χ0v) is 14.9. The van der Waals surface area contributed by atoms with E-state index < -0.39 is 10.0 Å². The lowest BCUT2D eigenvalue weighted by Crippen LogP contribution is -2.26. The number of nitrogens with zero attached hydrogens (tertiary/aromatic N) is 5. The van der Waals surface area contributed by atoms with E-state index >= 15 is 0 Å². The second-order valence-electron chi connectivity index (χ2n) is 6.17. The number of hydrogen-bond acceptors (Lipinski definition) is 6. The van der Waals surface area contributed by atoms with Crippen LogP contribution in [0.2, 0.25) is 0 Å². The summed E-state index contributed by atoms with van der Waals surface area (Å²) in [7, 11) is 0.144. The molecule has 0 amide bonds. The molecule has 2 aromatic heterocycles. The molecule has 1 atom stereocenters. The van der Waals surface area contributed by atoms with Crippen LogP contribution in [0.4, 0.5) is 0 Å². The van der Waals surface area contributed by atoms with Gasteiger partial charge in [-0.1, -0.05) is 0 Å². The number of imidazole rings is 1. The molecule has 0 saturated carbocycles. The third kappa shape index (κ3) is 3.47. The first-order valence-corrected chi connectivity index (χ1v) is 9.35. The minimum Gasteiger partial charge on any atom is -0.339 e. The molecule has 24 heavy (non-hydrogen) atoms. The Kier molecular flexibility index (Phi) is 4.66. The molecule has 0 bridgehead atoms. The van der Waals surface area contributed by atoms with E-state index in [4.69, 9.17) is 0 Å². The maximum atomic E-state index is 12.3. The van der Waals surface area contributed by atoms with Gasteiger partial charge in [0.25, 0.3) is 10.0 Å². The summed E-state index contributed by atoms with van der Waals surface area (Å²) in [4.78, 5) is 15.0. The summed E-state index contributed by atoms with van der Waals surface area (Å²) in [6.07, 6.45) is 6.78. The Morgan fingerprint density at radius 1 is 1.33 bits per heavy atom. The summed E-state index contributed by atoms with van der Waals surface area (Å²) < 4.78 is 28.9. The molecule has 0 spiro atoms. The minimum absolute atomic E-state index is 0.0116. The minimum atomic E-state index is -3.65. The molecule has 1 N–H and O–H groups in total. The normalized spacial score (nSPS) is 19.0. The molecule has 2 aromatic rings. The monoisotopic (exact) mass is 350 g/mol. The van der Waals surface area contributed by atoms with E-state index in [2.05, 4.69) is 31.6 Å². The molecule has 130 valence electrons. The van der Waals surface area contributed by atoms with Gasteiger partial charge in [0.05, 0.1) is 18.1 Å². The van der Waals surface area contributed by atoms with E-state index in [1.807, 2.05) is 6.92 Å². The fourth-order valence-corrected chi connectivity index (χ4v) is 3.95. The number of nitrogens with one attached hydrogen (secondary N) is 1. The van der Waals surface area contributed by atoms with Crippen molar-refractivity contribution in [3.63, 3.8) is 0 Å². The van der Waals surface area contributed by atoms with E-state index in [9.17, 15) is 8.42 Å². The second-order valence-corrected chi connectivity index (χ2v) is 7.88. The summed E-state index contributed by atoms with van der Waals surface area (Å²) >= 11 is 0. The lowest BCUT2D eigenvalue weighted by molar-refractivity contribution is 0.309. The molecule has 1 aliphatic rings. The molecule has 3 rings (SSSR count). The molecule has 8 nitrogen and oxygen atoms in total. The van der Waals surface area contributed by atoms with Gasteiger partial charge in [-0.15, -0.1) is 0 Å². The lowest BCUT2D eigenvalue weighted by atomic mass is 10.1. The van der Waals surface area contributed by atoms with Gasteiger partial charge in [0.15, 0.2) is 5.03 Å². The van der Waals surface area contributed by atoms with Crippen molar-refractivity contribution in [2.24, 2.45) is 7.05 Å². The van der Waals surface area contributed by atoms with Gasteiger partial charge in [0.2, 0.25) is 0 Å². The molecule has 3 heterocycles. The van der Waals surface area contributed by atoms with Gasteiger partial charge < -0.3 is 4.57 Å². The van der Waals surface area contributed by atoms with Gasteiger partial charge in [-0.3, -0.25) is 4.90 Å². The van der Waals surface area contributed by atoms with Crippen LogP contribution in [-0.2, 0) is 23.6 Å². The second kappa shape index (κ2) is 6.58. The number of aromatic nitrogens is 4. The van der Waals surface area contributed by atoms with Crippen LogP contribution in [0.1, 0.15) is 36.0 Å². The van der Waals surface area contributed by atoms with Crippen molar-refractivity contribution in [1.29, 1.82) is 0 Å². The number of rotatable bonds is 5. The molecule has 1 saturated heterocycles. The number of aryl methyl sites for hydroxylation is 2. The van der Waals surface area contributed by atoms with Crippen molar-refractivity contribution in [3.8, 4) is 0 Å². The summed E-state index contributed by atoms with van der Waals surface area (Å²) in [6.45, 7) is 3.02. The predicted molar refractivity (Wildman–Crippen MR) is 88.6 cm³/mol. The molecule has 0 aromatic carbocycles. The standard InChI is InChI=1S/C15H22N6O2S/c1-11-16-7-12(15(19-11)13-5-4-6-21(13)3)8-18-24(22,23)14-9-20(2)10-17-14/h7,9-10,13,18H,4-6,8H2,1-3H3/t13-/m1/s1. The first-order valence-electron chi connectivity index (χ1n) is 7.87. The van der Waals surface area contributed by atoms with Crippen molar-refractivity contribution in [3.05, 3.63) is 35.8 Å². The van der Waals surface area contributed by atoms with Gasteiger partial charge in [-0.25, -0.2) is 28.1 Å². The predicted octanol–water partition coefficient (Wildman–Crippen LogP) is 0.764. The van der Waals surface area contributed by atoms with Crippen LogP contribution in [0.25, 0.3) is 0 Å². The molecule has 0 radical (unpaired) electrons. The van der Waals surface area contributed by atoms with E-state index in [-0.39, 0.29) is 17.6 Å². The Labute approximate surface area is 142 Å². The highest BCUT2D eigenvalue weighted by molar-refractivity contribution is 7.89. The van der Waals surface area contributed by atoms with Crippen molar-refractivity contribution < 1.29 is 8.42 Å². The molecule has 1 aliphatic heterocycles. The highest BCUT2D eigenvalue weighted by Crippen LogP contribution is 2.31. The SMILES string of the molecule is Cc1ncc(CNS(=O)(=O)c2cn(C)cn2)c([C@H]2CCCN2C)n1. The maximum absolute atomic E-state index is 12.3. The van der Waals surface area contributed by atoms with E-state index in [0.717, 1.165) is 30.6 Å². The van der Waals surface area contributed by atoms with E-state index in [0.29, 0.717) is 5.82 Å². The van der Waals surface area contributed by atoms with Crippen LogP contribution in [-0.4, -0.2) is 46.4 Å². The summed E-state index contributed by atoms with van der Waals surface area (Å²) in [5.74, 6) is 0.696. The van der Waals surface area contributed by atoms with Crippen LogP contribution < -0.4 is 4.72 Å². The van der Waals surface area contributed by atoms with Gasteiger partial charge in [-0.05, 0) is 33.4 Å². The molecule has 1 fully saturated rings. The van der Waals surface area contributed by atoms with E-state index in [1.54, 1.807) is 17.8 Å². The summed E-state index contributed by atoms with van der Waals surface area (Å²) in [5.41, 5.74) is 1.71. The number of likely N-dealkylation sites (tertiary alicyclic amines) is 1. The average Bonchev–Trinajstić information content (AvgIpc) is 3.15. The Morgan fingerprint density at radius 3 is 2.75 bits per heavy atom. The van der Waals surface area contributed by atoms with Gasteiger partial charge in [-0.2, -0.15) is 0 Å². The van der Waals surface area contributed by atoms with Crippen molar-refractivity contribution in [2.45, 2.75) is 37.4 Å². The average molecular weight is 350 g/mol.